The molecule has 0 aliphatic carbocycles. The summed E-state index contributed by atoms with van der Waals surface area (Å²) in [6.45, 7) is 18.2. The summed E-state index contributed by atoms with van der Waals surface area (Å²) in [6.07, 6.45) is 2.44. The number of carbonyl (C=O) groups is 3. The summed E-state index contributed by atoms with van der Waals surface area (Å²) in [6, 6.07) is 17.4. The van der Waals surface area contributed by atoms with Crippen LogP contribution in [0.2, 0.25) is 0 Å². The maximum absolute atomic E-state index is 13.2. The molecule has 2 saturated heterocycles. The maximum Gasteiger partial charge on any atom is 0.410 e. The van der Waals surface area contributed by atoms with Crippen LogP contribution >= 0.6 is 0 Å². The fourth-order valence-corrected chi connectivity index (χ4v) is 7.71. The number of likely N-dealkylation sites (tertiary alicyclic amines) is 2. The number of rotatable bonds is 6. The Morgan fingerprint density at radius 1 is 0.651 bits per heavy atom. The predicted molar refractivity (Wildman–Crippen MR) is 242 cm³/mol. The van der Waals surface area contributed by atoms with E-state index >= 15 is 0 Å². The van der Waals surface area contributed by atoms with Gasteiger partial charge in [-0.05, 0) is 136 Å². The van der Waals surface area contributed by atoms with Gasteiger partial charge in [0.25, 0.3) is 0 Å². The highest BCUT2D eigenvalue weighted by Gasteiger charge is 2.34. The number of amides is 2. The predicted octanol–water partition coefficient (Wildman–Crippen LogP) is 8.75. The molecule has 2 aromatic heterocycles. The molecule has 6 rings (SSSR count). The van der Waals surface area contributed by atoms with Crippen LogP contribution in [-0.2, 0) is 20.8 Å². The van der Waals surface area contributed by atoms with E-state index in [9.17, 15) is 29.7 Å². The molecule has 0 spiro atoms. The van der Waals surface area contributed by atoms with Gasteiger partial charge in [-0.15, -0.1) is 0 Å². The smallest absolute Gasteiger partial charge is 0.410 e. The second kappa shape index (κ2) is 19.5. The summed E-state index contributed by atoms with van der Waals surface area (Å²) < 4.78 is 16.7. The standard InChI is InChI=1S/C26H35N3O5.C22H29N3O4/c1-25(2,3)33-23(31)21-18(14-19(28-22(21)27)17-11-7-8-12-20(17)30)16-10-9-13-29(15-16)24(32)34-26(4,5)6;1-22(2,3)29-21(28)25-10-6-7-14(12-25)16-11-18(24-20(23)17(16)13-26)15-8-4-5-9-19(15)27/h7-8,11-12,14,16,30H,9-10,13,15H2,1-6H3,(H2,27,28);4-5,8-9,11,14,26-27H,6-7,10,12-13H2,1-3H3,(H2,23,24). The van der Waals surface area contributed by atoms with Crippen LogP contribution in [0.4, 0.5) is 21.2 Å². The number of piperidine rings is 2. The van der Waals surface area contributed by atoms with Gasteiger partial charge in [-0.25, -0.2) is 24.4 Å². The number of carbonyl (C=O) groups excluding carboxylic acids is 3. The van der Waals surface area contributed by atoms with E-state index in [-0.39, 0.29) is 59.3 Å². The van der Waals surface area contributed by atoms with Crippen molar-refractivity contribution >= 4 is 29.8 Å². The van der Waals surface area contributed by atoms with Crippen molar-refractivity contribution in [1.29, 1.82) is 0 Å². The van der Waals surface area contributed by atoms with Crippen molar-refractivity contribution in [1.82, 2.24) is 19.8 Å². The van der Waals surface area contributed by atoms with Gasteiger partial charge in [0.2, 0.25) is 0 Å². The van der Waals surface area contributed by atoms with E-state index in [1.54, 1.807) is 79.1 Å². The summed E-state index contributed by atoms with van der Waals surface area (Å²) in [5, 5.41) is 30.5. The molecule has 15 heteroatoms. The van der Waals surface area contributed by atoms with Crippen LogP contribution < -0.4 is 11.5 Å². The van der Waals surface area contributed by atoms with Crippen LogP contribution in [0.1, 0.15) is 127 Å². The number of hydrogen-bond acceptors (Lipinski definition) is 13. The number of aromatic nitrogens is 2. The number of phenolic OH excluding ortho intramolecular Hbond substituents is 2. The molecule has 7 N–H and O–H groups in total. The number of aliphatic hydroxyl groups excluding tert-OH is 1. The van der Waals surface area contributed by atoms with Gasteiger partial charge < -0.3 is 50.8 Å². The van der Waals surface area contributed by atoms with Gasteiger partial charge in [0.15, 0.2) is 0 Å². The van der Waals surface area contributed by atoms with Gasteiger partial charge in [-0.2, -0.15) is 0 Å². The molecule has 2 aliphatic heterocycles. The van der Waals surface area contributed by atoms with Crippen molar-refractivity contribution < 1.29 is 43.9 Å². The second-order valence-corrected chi connectivity index (χ2v) is 19.0. The Labute approximate surface area is 370 Å². The zero-order chi connectivity index (χ0) is 46.4. The fraction of sp³-hybridized carbons (Fsp3) is 0.479. The highest BCUT2D eigenvalue weighted by atomic mass is 16.6. The number of nitrogen functional groups attached to an aromatic ring is 2. The van der Waals surface area contributed by atoms with Gasteiger partial charge in [-0.1, -0.05) is 24.3 Å². The van der Waals surface area contributed by atoms with Crippen LogP contribution in [-0.4, -0.2) is 96.2 Å². The van der Waals surface area contributed by atoms with Gasteiger partial charge in [0, 0.05) is 54.7 Å². The molecule has 0 bridgehead atoms. The lowest BCUT2D eigenvalue weighted by molar-refractivity contribution is 0.00671. The van der Waals surface area contributed by atoms with E-state index in [1.165, 1.54) is 0 Å². The molecule has 2 aliphatic rings. The van der Waals surface area contributed by atoms with E-state index in [1.807, 2.05) is 53.7 Å². The topological polar surface area (TPSA) is 224 Å². The molecule has 15 nitrogen and oxygen atoms in total. The second-order valence-electron chi connectivity index (χ2n) is 19.0. The quantitative estimate of drug-likeness (QED) is 0.0904. The van der Waals surface area contributed by atoms with E-state index in [4.69, 9.17) is 25.7 Å². The SMILES string of the molecule is CC(C)(C)OC(=O)N1CCCC(c2cc(-c3ccccc3O)nc(N)c2CO)C1.CC(C)(C)OC(=O)c1c(C2CCCN(C(=O)OC(C)(C)C)C2)cc(-c2ccccc2O)nc1N. The molecule has 340 valence electrons. The molecular weight excluding hydrogens is 805 g/mol. The Morgan fingerprint density at radius 2 is 1.06 bits per heavy atom. The number of aromatic hydroxyl groups is 2. The number of pyridine rings is 2. The molecule has 2 aromatic carbocycles. The number of nitrogens with two attached hydrogens (primary N) is 2. The Bertz CT molecular complexity index is 2280. The minimum atomic E-state index is -0.716. The van der Waals surface area contributed by atoms with E-state index in [0.717, 1.165) is 31.2 Å². The van der Waals surface area contributed by atoms with Crippen LogP contribution in [0.25, 0.3) is 22.5 Å². The van der Waals surface area contributed by atoms with Crippen molar-refractivity contribution in [3.63, 3.8) is 0 Å². The number of aliphatic hydroxyl groups is 1. The third-order valence-corrected chi connectivity index (χ3v) is 10.4. The molecule has 63 heavy (non-hydrogen) atoms. The number of para-hydroxylation sites is 2. The van der Waals surface area contributed by atoms with Crippen molar-refractivity contribution in [2.24, 2.45) is 0 Å². The number of esters is 1. The number of hydrogen-bond donors (Lipinski definition) is 5. The number of phenols is 2. The van der Waals surface area contributed by atoms with Crippen LogP contribution in [0.15, 0.2) is 60.7 Å². The minimum absolute atomic E-state index is 0.00618. The van der Waals surface area contributed by atoms with Crippen LogP contribution in [0.5, 0.6) is 11.5 Å². The molecule has 0 saturated carbocycles. The first-order valence-corrected chi connectivity index (χ1v) is 21.4. The van der Waals surface area contributed by atoms with E-state index in [2.05, 4.69) is 9.97 Å². The first kappa shape index (κ1) is 48.0. The summed E-state index contributed by atoms with van der Waals surface area (Å²) in [7, 11) is 0. The average Bonchev–Trinajstić information content (AvgIpc) is 3.19. The van der Waals surface area contributed by atoms with Gasteiger partial charge in [0.05, 0.1) is 18.0 Å². The third kappa shape index (κ3) is 12.7. The van der Waals surface area contributed by atoms with Crippen molar-refractivity contribution in [2.45, 2.75) is 123 Å². The average molecular weight is 869 g/mol. The molecule has 2 amide bonds. The van der Waals surface area contributed by atoms with Crippen molar-refractivity contribution in [2.75, 3.05) is 37.6 Å². The Hall–Kier alpha value is -6.09. The summed E-state index contributed by atoms with van der Waals surface area (Å²) >= 11 is 0. The highest BCUT2D eigenvalue weighted by Crippen LogP contribution is 2.39. The third-order valence-electron chi connectivity index (χ3n) is 10.4. The molecule has 4 aromatic rings. The number of ether oxygens (including phenoxy) is 3. The number of anilines is 2. The van der Waals surface area contributed by atoms with Gasteiger partial charge in [0.1, 0.15) is 45.5 Å². The summed E-state index contributed by atoms with van der Waals surface area (Å²) in [5.41, 5.74) is 14.9. The normalized spacial score (nSPS) is 17.0. The lowest BCUT2D eigenvalue weighted by Crippen LogP contribution is -2.42. The van der Waals surface area contributed by atoms with Gasteiger partial charge in [-0.3, -0.25) is 0 Å². The van der Waals surface area contributed by atoms with E-state index < -0.39 is 22.8 Å². The molecular formula is C48H64N6O9. The largest absolute Gasteiger partial charge is 0.507 e. The maximum atomic E-state index is 13.2. The number of nitrogens with zero attached hydrogens (tertiary/aromatic N) is 4. The van der Waals surface area contributed by atoms with E-state index in [0.29, 0.717) is 59.8 Å². The fourth-order valence-electron chi connectivity index (χ4n) is 7.71. The molecule has 0 radical (unpaired) electrons. The lowest BCUT2D eigenvalue weighted by atomic mass is 9.87. The minimum Gasteiger partial charge on any atom is -0.507 e. The molecule has 4 heterocycles. The summed E-state index contributed by atoms with van der Waals surface area (Å²) in [5.74, 6) is -0.319. The Kier molecular flexibility index (Phi) is 14.9. The van der Waals surface area contributed by atoms with Crippen molar-refractivity contribution in [3.05, 3.63) is 82.9 Å². The molecule has 2 unspecified atom stereocenters. The monoisotopic (exact) mass is 868 g/mol. The van der Waals surface area contributed by atoms with Gasteiger partial charge >= 0.3 is 18.2 Å². The number of benzene rings is 2. The lowest BCUT2D eigenvalue weighted by Gasteiger charge is -2.35. The first-order chi connectivity index (χ1) is 29.4. The first-order valence-electron chi connectivity index (χ1n) is 21.4. The Balaban J connectivity index is 0.000000240. The van der Waals surface area contributed by atoms with Crippen LogP contribution in [0.3, 0.4) is 0 Å². The molecule has 2 atom stereocenters. The summed E-state index contributed by atoms with van der Waals surface area (Å²) in [4.78, 5) is 50.6. The Morgan fingerprint density at radius 3 is 1.49 bits per heavy atom. The molecule has 2 fully saturated rings. The highest BCUT2D eigenvalue weighted by molar-refractivity contribution is 5.97. The van der Waals surface area contributed by atoms with Crippen molar-refractivity contribution in [3.8, 4) is 34.0 Å². The zero-order valence-corrected chi connectivity index (χ0v) is 38.0. The van der Waals surface area contributed by atoms with Crippen LogP contribution in [0, 0.1) is 0 Å². The zero-order valence-electron chi connectivity index (χ0n) is 38.0.